The number of nitrogens with zero attached hydrogens (tertiary/aromatic N) is 2. The van der Waals surface area contributed by atoms with Crippen molar-refractivity contribution < 1.29 is 9.53 Å². The van der Waals surface area contributed by atoms with Crippen LogP contribution in [0.15, 0.2) is 18.2 Å². The summed E-state index contributed by atoms with van der Waals surface area (Å²) in [5, 5.41) is 0. The van der Waals surface area contributed by atoms with E-state index in [0.29, 0.717) is 25.5 Å². The number of hydrogen-bond donors (Lipinski definition) is 1. The summed E-state index contributed by atoms with van der Waals surface area (Å²) in [5.74, 6) is 0.701. The van der Waals surface area contributed by atoms with Crippen LogP contribution < -0.4 is 10.5 Å². The first-order valence-electron chi connectivity index (χ1n) is 7.75. The summed E-state index contributed by atoms with van der Waals surface area (Å²) in [6.07, 6.45) is 3.89. The van der Waals surface area contributed by atoms with Crippen molar-refractivity contribution in [1.29, 1.82) is 0 Å². The third-order valence-corrected chi connectivity index (χ3v) is 4.82. The zero-order valence-corrected chi connectivity index (χ0v) is 12.5. The molecule has 2 N–H and O–H groups in total. The SMILES string of the molecule is CCOc1cccc(CC(=O)N2CC(N)C3(CCC3)C2)n1. The van der Waals surface area contributed by atoms with E-state index in [0.717, 1.165) is 25.1 Å². The van der Waals surface area contributed by atoms with Gasteiger partial charge in [-0.2, -0.15) is 0 Å². The Morgan fingerprint density at radius 1 is 1.52 bits per heavy atom. The highest BCUT2D eigenvalue weighted by Gasteiger charge is 2.49. The Kier molecular flexibility index (Phi) is 3.85. The van der Waals surface area contributed by atoms with Crippen LogP contribution in [-0.4, -0.2) is 41.5 Å². The predicted octanol–water partition coefficient (Wildman–Crippen LogP) is 1.36. The van der Waals surface area contributed by atoms with Crippen LogP contribution >= 0.6 is 0 Å². The number of amides is 1. The molecule has 5 nitrogen and oxygen atoms in total. The second-order valence-corrected chi connectivity index (χ2v) is 6.17. The molecule has 2 heterocycles. The van der Waals surface area contributed by atoms with Gasteiger partial charge in [-0.15, -0.1) is 0 Å². The highest BCUT2D eigenvalue weighted by Crippen LogP contribution is 2.47. The Balaban J connectivity index is 1.63. The summed E-state index contributed by atoms with van der Waals surface area (Å²) in [5.41, 5.74) is 7.19. The molecular formula is C16H23N3O2. The number of likely N-dealkylation sites (tertiary alicyclic amines) is 1. The van der Waals surface area contributed by atoms with Crippen molar-refractivity contribution >= 4 is 5.91 Å². The molecule has 1 amide bonds. The van der Waals surface area contributed by atoms with Gasteiger partial charge in [-0.05, 0) is 25.8 Å². The molecule has 0 bridgehead atoms. The molecule has 1 aromatic rings. The average Bonchev–Trinajstić information content (AvgIpc) is 2.77. The van der Waals surface area contributed by atoms with Crippen LogP contribution in [0.25, 0.3) is 0 Å². The van der Waals surface area contributed by atoms with Gasteiger partial charge in [0.25, 0.3) is 0 Å². The lowest BCUT2D eigenvalue weighted by atomic mass is 9.66. The van der Waals surface area contributed by atoms with E-state index < -0.39 is 0 Å². The number of rotatable bonds is 4. The Morgan fingerprint density at radius 3 is 2.95 bits per heavy atom. The van der Waals surface area contributed by atoms with E-state index in [4.69, 9.17) is 10.5 Å². The number of nitrogens with two attached hydrogens (primary N) is 1. The van der Waals surface area contributed by atoms with E-state index in [2.05, 4.69) is 4.98 Å². The van der Waals surface area contributed by atoms with Crippen molar-refractivity contribution in [2.75, 3.05) is 19.7 Å². The third kappa shape index (κ3) is 2.75. The van der Waals surface area contributed by atoms with Crippen molar-refractivity contribution in [2.45, 2.75) is 38.6 Å². The Hall–Kier alpha value is -1.62. The van der Waals surface area contributed by atoms with Crippen LogP contribution in [0.5, 0.6) is 5.88 Å². The molecule has 1 unspecified atom stereocenters. The maximum absolute atomic E-state index is 12.4. The molecule has 2 aliphatic rings. The van der Waals surface area contributed by atoms with Gasteiger partial charge in [-0.1, -0.05) is 12.5 Å². The zero-order valence-electron chi connectivity index (χ0n) is 12.5. The summed E-state index contributed by atoms with van der Waals surface area (Å²) in [6, 6.07) is 5.70. The predicted molar refractivity (Wildman–Crippen MR) is 79.9 cm³/mol. The van der Waals surface area contributed by atoms with Gasteiger partial charge in [-0.3, -0.25) is 4.79 Å². The normalized spacial score (nSPS) is 23.1. The third-order valence-electron chi connectivity index (χ3n) is 4.82. The molecule has 1 saturated heterocycles. The van der Waals surface area contributed by atoms with Crippen LogP contribution in [0, 0.1) is 5.41 Å². The monoisotopic (exact) mass is 289 g/mol. The number of carbonyl (C=O) groups is 1. The molecule has 0 radical (unpaired) electrons. The molecule has 1 spiro atoms. The van der Waals surface area contributed by atoms with Crippen LogP contribution in [0.4, 0.5) is 0 Å². The smallest absolute Gasteiger partial charge is 0.228 e. The Bertz CT molecular complexity index is 528. The van der Waals surface area contributed by atoms with Crippen LogP contribution in [0.2, 0.25) is 0 Å². The Labute approximate surface area is 125 Å². The van der Waals surface area contributed by atoms with Crippen LogP contribution in [0.1, 0.15) is 31.9 Å². The van der Waals surface area contributed by atoms with Gasteiger partial charge in [0.1, 0.15) is 0 Å². The lowest BCUT2D eigenvalue weighted by Gasteiger charge is -2.41. The van der Waals surface area contributed by atoms with Gasteiger partial charge in [0, 0.05) is 30.6 Å². The molecule has 5 heteroatoms. The van der Waals surface area contributed by atoms with Crippen molar-refractivity contribution in [3.05, 3.63) is 23.9 Å². The molecule has 1 saturated carbocycles. The van der Waals surface area contributed by atoms with Gasteiger partial charge in [-0.25, -0.2) is 4.98 Å². The van der Waals surface area contributed by atoms with E-state index in [1.807, 2.05) is 30.0 Å². The van der Waals surface area contributed by atoms with Gasteiger partial charge in [0.15, 0.2) is 0 Å². The van der Waals surface area contributed by atoms with Gasteiger partial charge in [0.2, 0.25) is 11.8 Å². The molecule has 1 aliphatic heterocycles. The fourth-order valence-electron chi connectivity index (χ4n) is 3.39. The minimum atomic E-state index is 0.121. The van der Waals surface area contributed by atoms with Crippen LogP contribution in [0.3, 0.4) is 0 Å². The lowest BCUT2D eigenvalue weighted by molar-refractivity contribution is -0.130. The number of hydrogen-bond acceptors (Lipinski definition) is 4. The topological polar surface area (TPSA) is 68.5 Å². The van der Waals surface area contributed by atoms with E-state index in [1.54, 1.807) is 0 Å². The standard InChI is InChI=1S/C16H23N3O2/c1-2-21-14-6-3-5-12(18-14)9-15(20)19-10-13(17)16(11-19)7-4-8-16/h3,5-6,13H,2,4,7-11,17H2,1H3. The van der Waals surface area contributed by atoms with Gasteiger partial charge < -0.3 is 15.4 Å². The molecule has 114 valence electrons. The molecule has 21 heavy (non-hydrogen) atoms. The molecule has 1 aliphatic carbocycles. The first-order chi connectivity index (χ1) is 10.1. The molecular weight excluding hydrogens is 266 g/mol. The van der Waals surface area contributed by atoms with Crippen molar-refractivity contribution in [3.8, 4) is 5.88 Å². The van der Waals surface area contributed by atoms with Gasteiger partial charge >= 0.3 is 0 Å². The Morgan fingerprint density at radius 2 is 2.33 bits per heavy atom. The number of pyridine rings is 1. The summed E-state index contributed by atoms with van der Waals surface area (Å²) < 4.78 is 5.37. The molecule has 1 atom stereocenters. The van der Waals surface area contributed by atoms with Crippen molar-refractivity contribution in [2.24, 2.45) is 11.1 Å². The summed E-state index contributed by atoms with van der Waals surface area (Å²) in [4.78, 5) is 18.7. The fraction of sp³-hybridized carbons (Fsp3) is 0.625. The summed E-state index contributed by atoms with van der Waals surface area (Å²) in [7, 11) is 0. The minimum Gasteiger partial charge on any atom is -0.478 e. The van der Waals surface area contributed by atoms with E-state index in [9.17, 15) is 4.79 Å². The number of ether oxygens (including phenoxy) is 1. The molecule has 0 aromatic carbocycles. The maximum Gasteiger partial charge on any atom is 0.228 e. The summed E-state index contributed by atoms with van der Waals surface area (Å²) >= 11 is 0. The minimum absolute atomic E-state index is 0.121. The van der Waals surface area contributed by atoms with Gasteiger partial charge in [0.05, 0.1) is 18.7 Å². The molecule has 2 fully saturated rings. The average molecular weight is 289 g/mol. The molecule has 3 rings (SSSR count). The first-order valence-corrected chi connectivity index (χ1v) is 7.75. The number of carbonyl (C=O) groups excluding carboxylic acids is 1. The second-order valence-electron chi connectivity index (χ2n) is 6.17. The number of aromatic nitrogens is 1. The maximum atomic E-state index is 12.4. The first kappa shape index (κ1) is 14.3. The quantitative estimate of drug-likeness (QED) is 0.909. The highest BCUT2D eigenvalue weighted by molar-refractivity contribution is 5.79. The second kappa shape index (κ2) is 5.64. The van der Waals surface area contributed by atoms with Crippen molar-refractivity contribution in [1.82, 2.24) is 9.88 Å². The van der Waals surface area contributed by atoms with E-state index >= 15 is 0 Å². The van der Waals surface area contributed by atoms with Crippen LogP contribution in [-0.2, 0) is 11.2 Å². The van der Waals surface area contributed by atoms with Crippen molar-refractivity contribution in [3.63, 3.8) is 0 Å². The molecule has 1 aromatic heterocycles. The lowest BCUT2D eigenvalue weighted by Crippen LogP contribution is -2.45. The van der Waals surface area contributed by atoms with E-state index in [1.165, 1.54) is 6.42 Å². The zero-order chi connectivity index (χ0) is 14.9. The fourth-order valence-corrected chi connectivity index (χ4v) is 3.39. The van der Waals surface area contributed by atoms with E-state index in [-0.39, 0.29) is 17.4 Å². The largest absolute Gasteiger partial charge is 0.478 e. The summed E-state index contributed by atoms with van der Waals surface area (Å²) in [6.45, 7) is 4.00. The highest BCUT2D eigenvalue weighted by atomic mass is 16.5.